The van der Waals surface area contributed by atoms with E-state index in [1.54, 1.807) is 6.20 Å². The van der Waals surface area contributed by atoms with Crippen LogP contribution in [0, 0.1) is 6.92 Å². The lowest BCUT2D eigenvalue weighted by atomic mass is 10.0. The van der Waals surface area contributed by atoms with Gasteiger partial charge in [0, 0.05) is 18.4 Å². The molecule has 0 spiro atoms. The number of nitrogens with two attached hydrogens (primary N) is 1. The van der Waals surface area contributed by atoms with E-state index >= 15 is 0 Å². The molecule has 2 unspecified atom stereocenters. The molecule has 0 fully saturated rings. The Kier molecular flexibility index (Phi) is 3.99. The molecule has 2 atom stereocenters. The van der Waals surface area contributed by atoms with Gasteiger partial charge in [0.05, 0.1) is 16.4 Å². The second kappa shape index (κ2) is 5.50. The van der Waals surface area contributed by atoms with Gasteiger partial charge >= 0.3 is 0 Å². The number of aromatic nitrogens is 3. The molecule has 0 aliphatic heterocycles. The van der Waals surface area contributed by atoms with Crippen molar-refractivity contribution in [2.75, 3.05) is 0 Å². The summed E-state index contributed by atoms with van der Waals surface area (Å²) in [6, 6.07) is 5.68. The van der Waals surface area contributed by atoms with Crippen molar-refractivity contribution >= 4 is 11.6 Å². The highest BCUT2D eigenvalue weighted by Gasteiger charge is 2.23. The minimum Gasteiger partial charge on any atom is -0.326 e. The lowest BCUT2D eigenvalue weighted by molar-refractivity contribution is 0.414. The van der Waals surface area contributed by atoms with Gasteiger partial charge in [-0.05, 0) is 25.5 Å². The molecule has 0 aliphatic rings. The first kappa shape index (κ1) is 13.1. The summed E-state index contributed by atoms with van der Waals surface area (Å²) in [5, 5.41) is 5.07. The standard InChI is InChI=1S/C13H17ClN4/c1-3-11(15)13(12-6-4-5-7-16-12)18-8-10(14)9(2)17-18/h4-8,11,13H,3,15H2,1-2H3. The molecule has 2 aromatic rings. The molecule has 2 aromatic heterocycles. The van der Waals surface area contributed by atoms with Gasteiger partial charge in [-0.25, -0.2) is 0 Å². The molecule has 0 amide bonds. The molecule has 18 heavy (non-hydrogen) atoms. The maximum absolute atomic E-state index is 6.20. The largest absolute Gasteiger partial charge is 0.326 e. The predicted octanol–water partition coefficient (Wildman–Crippen LogP) is 2.57. The van der Waals surface area contributed by atoms with E-state index in [4.69, 9.17) is 17.3 Å². The molecular weight excluding hydrogens is 248 g/mol. The Hall–Kier alpha value is -1.39. The predicted molar refractivity (Wildman–Crippen MR) is 72.6 cm³/mol. The number of hydrogen-bond donors (Lipinski definition) is 1. The molecule has 0 aliphatic carbocycles. The average Bonchev–Trinajstić information content (AvgIpc) is 2.70. The Balaban J connectivity index is 2.43. The van der Waals surface area contributed by atoms with Gasteiger partial charge in [0.2, 0.25) is 0 Å². The number of aryl methyl sites for hydroxylation is 1. The third-order valence-corrected chi connectivity index (χ3v) is 3.38. The number of pyridine rings is 1. The van der Waals surface area contributed by atoms with Gasteiger partial charge in [0.25, 0.3) is 0 Å². The van der Waals surface area contributed by atoms with Crippen molar-refractivity contribution in [1.82, 2.24) is 14.8 Å². The van der Waals surface area contributed by atoms with Crippen LogP contribution in [0.2, 0.25) is 5.02 Å². The van der Waals surface area contributed by atoms with Crippen molar-refractivity contribution in [1.29, 1.82) is 0 Å². The second-order valence-corrected chi connectivity index (χ2v) is 4.72. The fourth-order valence-corrected chi connectivity index (χ4v) is 2.06. The molecule has 96 valence electrons. The molecule has 0 aromatic carbocycles. The minimum absolute atomic E-state index is 0.0460. The van der Waals surface area contributed by atoms with E-state index in [1.165, 1.54) is 0 Å². The van der Waals surface area contributed by atoms with Gasteiger partial charge in [-0.2, -0.15) is 5.10 Å². The second-order valence-electron chi connectivity index (χ2n) is 4.31. The van der Waals surface area contributed by atoms with Gasteiger partial charge < -0.3 is 5.73 Å². The van der Waals surface area contributed by atoms with Crippen molar-refractivity contribution in [3.8, 4) is 0 Å². The van der Waals surface area contributed by atoms with E-state index in [9.17, 15) is 0 Å². The zero-order valence-corrected chi connectivity index (χ0v) is 11.3. The molecule has 0 radical (unpaired) electrons. The summed E-state index contributed by atoms with van der Waals surface area (Å²) in [5.74, 6) is 0. The van der Waals surface area contributed by atoms with Gasteiger partial charge in [0.15, 0.2) is 0 Å². The smallest absolute Gasteiger partial charge is 0.109 e. The summed E-state index contributed by atoms with van der Waals surface area (Å²) in [6.07, 6.45) is 4.42. The van der Waals surface area contributed by atoms with Crippen molar-refractivity contribution in [2.24, 2.45) is 5.73 Å². The Morgan fingerprint density at radius 3 is 2.72 bits per heavy atom. The normalized spacial score (nSPS) is 14.4. The number of rotatable bonds is 4. The first-order valence-corrected chi connectivity index (χ1v) is 6.39. The molecule has 2 heterocycles. The number of hydrogen-bond acceptors (Lipinski definition) is 3. The first-order chi connectivity index (χ1) is 8.63. The Morgan fingerprint density at radius 2 is 2.22 bits per heavy atom. The van der Waals surface area contributed by atoms with Crippen LogP contribution < -0.4 is 5.73 Å². The monoisotopic (exact) mass is 264 g/mol. The highest BCUT2D eigenvalue weighted by Crippen LogP contribution is 2.23. The molecule has 2 N–H and O–H groups in total. The molecule has 0 saturated heterocycles. The summed E-state index contributed by atoms with van der Waals surface area (Å²) < 4.78 is 1.81. The third kappa shape index (κ3) is 2.54. The van der Waals surface area contributed by atoms with Crippen LogP contribution in [0.15, 0.2) is 30.6 Å². The van der Waals surface area contributed by atoms with Crippen LogP contribution in [-0.4, -0.2) is 20.8 Å². The molecular formula is C13H17ClN4. The van der Waals surface area contributed by atoms with Gasteiger partial charge in [-0.15, -0.1) is 0 Å². The lowest BCUT2D eigenvalue weighted by Crippen LogP contribution is -2.33. The van der Waals surface area contributed by atoms with E-state index < -0.39 is 0 Å². The maximum atomic E-state index is 6.20. The van der Waals surface area contributed by atoms with E-state index in [-0.39, 0.29) is 12.1 Å². The minimum atomic E-state index is -0.0811. The summed E-state index contributed by atoms with van der Waals surface area (Å²) in [7, 11) is 0. The summed E-state index contributed by atoms with van der Waals surface area (Å²) in [4.78, 5) is 4.38. The molecule has 0 bridgehead atoms. The van der Waals surface area contributed by atoms with E-state index in [0.29, 0.717) is 5.02 Å². The molecule has 2 rings (SSSR count). The van der Waals surface area contributed by atoms with Crippen LogP contribution in [0.3, 0.4) is 0 Å². The fourth-order valence-electron chi connectivity index (χ4n) is 1.93. The van der Waals surface area contributed by atoms with Crippen molar-refractivity contribution in [3.05, 3.63) is 47.0 Å². The fraction of sp³-hybridized carbons (Fsp3) is 0.385. The van der Waals surface area contributed by atoms with E-state index in [0.717, 1.165) is 17.8 Å². The third-order valence-electron chi connectivity index (χ3n) is 3.01. The van der Waals surface area contributed by atoms with Gasteiger partial charge in [-0.3, -0.25) is 9.67 Å². The van der Waals surface area contributed by atoms with Crippen molar-refractivity contribution < 1.29 is 0 Å². The van der Waals surface area contributed by atoms with Crippen LogP contribution in [-0.2, 0) is 0 Å². The zero-order chi connectivity index (χ0) is 13.1. The summed E-state index contributed by atoms with van der Waals surface area (Å²) in [5.41, 5.74) is 7.91. The quantitative estimate of drug-likeness (QED) is 0.923. The maximum Gasteiger partial charge on any atom is 0.109 e. The number of nitrogens with zero attached hydrogens (tertiary/aromatic N) is 3. The van der Waals surface area contributed by atoms with Crippen LogP contribution in [0.25, 0.3) is 0 Å². The van der Waals surface area contributed by atoms with E-state index in [2.05, 4.69) is 17.0 Å². The van der Waals surface area contributed by atoms with Gasteiger partial charge in [-0.1, -0.05) is 24.6 Å². The Bertz CT molecular complexity index is 489. The van der Waals surface area contributed by atoms with Crippen molar-refractivity contribution in [3.63, 3.8) is 0 Å². The number of halogens is 1. The van der Waals surface area contributed by atoms with Crippen LogP contribution in [0.4, 0.5) is 0 Å². The summed E-state index contributed by atoms with van der Waals surface area (Å²) >= 11 is 6.06. The van der Waals surface area contributed by atoms with Crippen molar-refractivity contribution in [2.45, 2.75) is 32.4 Å². The molecule has 0 saturated carbocycles. The summed E-state index contributed by atoms with van der Waals surface area (Å²) in [6.45, 7) is 3.93. The van der Waals surface area contributed by atoms with E-state index in [1.807, 2.05) is 36.0 Å². The average molecular weight is 265 g/mol. The highest BCUT2D eigenvalue weighted by atomic mass is 35.5. The van der Waals surface area contributed by atoms with Gasteiger partial charge in [0.1, 0.15) is 6.04 Å². The van der Waals surface area contributed by atoms with Crippen LogP contribution in [0.5, 0.6) is 0 Å². The first-order valence-electron chi connectivity index (χ1n) is 6.01. The zero-order valence-electron chi connectivity index (χ0n) is 10.5. The topological polar surface area (TPSA) is 56.7 Å². The van der Waals surface area contributed by atoms with Crippen LogP contribution >= 0.6 is 11.6 Å². The Morgan fingerprint density at radius 1 is 1.44 bits per heavy atom. The Labute approximate surface area is 112 Å². The van der Waals surface area contributed by atoms with Crippen LogP contribution in [0.1, 0.15) is 30.8 Å². The highest BCUT2D eigenvalue weighted by molar-refractivity contribution is 6.31. The lowest BCUT2D eigenvalue weighted by Gasteiger charge is -2.22. The molecule has 5 heteroatoms. The SMILES string of the molecule is CCC(N)C(c1ccccn1)n1cc(Cl)c(C)n1. The molecule has 4 nitrogen and oxygen atoms in total.